The fourth-order valence-electron chi connectivity index (χ4n) is 1.86. The Morgan fingerprint density at radius 1 is 1.61 bits per heavy atom. The number of carbonyl (C=O) groups excluding carboxylic acids is 1. The van der Waals surface area contributed by atoms with Gasteiger partial charge in [-0.15, -0.1) is 0 Å². The largest absolute Gasteiger partial charge is 0.320 e. The van der Waals surface area contributed by atoms with E-state index in [0.29, 0.717) is 30.2 Å². The highest BCUT2D eigenvalue weighted by Gasteiger charge is 2.27. The van der Waals surface area contributed by atoms with E-state index in [-0.39, 0.29) is 5.91 Å². The summed E-state index contributed by atoms with van der Waals surface area (Å²) in [4.78, 5) is 13.9. The molecular weight excluding hydrogens is 365 g/mol. The SMILES string of the molecule is N#CC1CNCCN1C(=O)c1ccc(I)c(Cl)c1. The van der Waals surface area contributed by atoms with Crippen LogP contribution in [0.3, 0.4) is 0 Å². The first kappa shape index (κ1) is 13.6. The lowest BCUT2D eigenvalue weighted by molar-refractivity contribution is 0.0687. The monoisotopic (exact) mass is 375 g/mol. The third-order valence-electron chi connectivity index (χ3n) is 2.82. The molecule has 0 bridgehead atoms. The van der Waals surface area contributed by atoms with Gasteiger partial charge in [0.05, 0.1) is 11.1 Å². The third kappa shape index (κ3) is 2.76. The van der Waals surface area contributed by atoms with E-state index in [2.05, 4.69) is 34.0 Å². The Kier molecular flexibility index (Phi) is 4.43. The van der Waals surface area contributed by atoms with E-state index < -0.39 is 6.04 Å². The Morgan fingerprint density at radius 3 is 3.06 bits per heavy atom. The van der Waals surface area contributed by atoms with Gasteiger partial charge in [-0.2, -0.15) is 5.26 Å². The first-order chi connectivity index (χ1) is 8.63. The zero-order valence-corrected chi connectivity index (χ0v) is 12.4. The number of carbonyl (C=O) groups is 1. The molecule has 1 aromatic carbocycles. The molecule has 1 fully saturated rings. The fraction of sp³-hybridized carbons (Fsp3) is 0.333. The van der Waals surface area contributed by atoms with E-state index in [1.54, 1.807) is 23.1 Å². The lowest BCUT2D eigenvalue weighted by atomic mass is 10.1. The van der Waals surface area contributed by atoms with Crippen LogP contribution in [-0.4, -0.2) is 36.5 Å². The Bertz CT molecular complexity index is 515. The van der Waals surface area contributed by atoms with Gasteiger partial charge in [0.1, 0.15) is 6.04 Å². The molecule has 94 valence electrons. The lowest BCUT2D eigenvalue weighted by Crippen LogP contribution is -2.53. The van der Waals surface area contributed by atoms with Crippen LogP contribution in [-0.2, 0) is 0 Å². The molecule has 1 amide bonds. The van der Waals surface area contributed by atoms with Crippen molar-refractivity contribution in [2.24, 2.45) is 0 Å². The molecule has 1 aliphatic rings. The van der Waals surface area contributed by atoms with Crippen molar-refractivity contribution in [1.82, 2.24) is 10.2 Å². The molecule has 6 heteroatoms. The lowest BCUT2D eigenvalue weighted by Gasteiger charge is -2.32. The number of nitriles is 1. The molecule has 1 heterocycles. The Labute approximate surface area is 124 Å². The standard InChI is InChI=1S/C12H11ClIN3O/c13-10-5-8(1-2-11(10)14)12(18)17-4-3-16-7-9(17)6-15/h1-2,5,9,16H,3-4,7H2. The summed E-state index contributed by atoms with van der Waals surface area (Å²) in [6, 6.07) is 6.93. The summed E-state index contributed by atoms with van der Waals surface area (Å²) < 4.78 is 0.906. The van der Waals surface area contributed by atoms with Crippen molar-refractivity contribution in [3.8, 4) is 6.07 Å². The quantitative estimate of drug-likeness (QED) is 0.763. The number of nitrogens with zero attached hydrogens (tertiary/aromatic N) is 2. The molecule has 0 radical (unpaired) electrons. The topological polar surface area (TPSA) is 56.1 Å². The fourth-order valence-corrected chi connectivity index (χ4v) is 2.37. The van der Waals surface area contributed by atoms with Crippen LogP contribution in [0.1, 0.15) is 10.4 Å². The maximum atomic E-state index is 12.3. The molecule has 0 saturated carbocycles. The van der Waals surface area contributed by atoms with E-state index in [0.717, 1.165) is 3.57 Å². The second-order valence-corrected chi connectivity index (χ2v) is 5.55. The van der Waals surface area contributed by atoms with Crippen LogP contribution in [0, 0.1) is 14.9 Å². The Hall–Kier alpha value is -0.840. The second kappa shape index (κ2) is 5.87. The smallest absolute Gasteiger partial charge is 0.255 e. The molecule has 1 aromatic rings. The van der Waals surface area contributed by atoms with Gasteiger partial charge >= 0.3 is 0 Å². The van der Waals surface area contributed by atoms with E-state index in [1.807, 2.05) is 0 Å². The summed E-state index contributed by atoms with van der Waals surface area (Å²) in [5.74, 6) is -0.138. The molecule has 0 aliphatic carbocycles. The zero-order chi connectivity index (χ0) is 13.1. The Balaban J connectivity index is 2.24. The number of hydrogen-bond acceptors (Lipinski definition) is 3. The van der Waals surface area contributed by atoms with Crippen molar-refractivity contribution in [2.45, 2.75) is 6.04 Å². The van der Waals surface area contributed by atoms with Crippen LogP contribution in [0.4, 0.5) is 0 Å². The molecule has 18 heavy (non-hydrogen) atoms. The predicted octanol–water partition coefficient (Wildman–Crippen LogP) is 1.88. The number of nitrogens with one attached hydrogen (secondary N) is 1. The van der Waals surface area contributed by atoms with Crippen molar-refractivity contribution in [3.63, 3.8) is 0 Å². The maximum absolute atomic E-state index is 12.3. The van der Waals surface area contributed by atoms with Crippen molar-refractivity contribution >= 4 is 40.1 Å². The van der Waals surface area contributed by atoms with Crippen molar-refractivity contribution in [2.75, 3.05) is 19.6 Å². The third-order valence-corrected chi connectivity index (χ3v) is 4.39. The van der Waals surface area contributed by atoms with Crippen LogP contribution >= 0.6 is 34.2 Å². The number of benzene rings is 1. The van der Waals surface area contributed by atoms with E-state index in [9.17, 15) is 4.79 Å². The molecule has 1 N–H and O–H groups in total. The molecule has 0 spiro atoms. The highest BCUT2D eigenvalue weighted by molar-refractivity contribution is 14.1. The summed E-state index contributed by atoms with van der Waals surface area (Å²) in [7, 11) is 0. The maximum Gasteiger partial charge on any atom is 0.255 e. The molecule has 2 rings (SSSR count). The molecule has 0 aromatic heterocycles. The minimum Gasteiger partial charge on any atom is -0.320 e. The van der Waals surface area contributed by atoms with Crippen molar-refractivity contribution < 1.29 is 4.79 Å². The second-order valence-electron chi connectivity index (χ2n) is 3.98. The molecule has 1 aliphatic heterocycles. The van der Waals surface area contributed by atoms with E-state index in [4.69, 9.17) is 16.9 Å². The first-order valence-electron chi connectivity index (χ1n) is 5.50. The summed E-state index contributed by atoms with van der Waals surface area (Å²) in [6.45, 7) is 1.77. The normalized spacial score (nSPS) is 19.4. The number of halogens is 2. The molecule has 1 atom stereocenters. The van der Waals surface area contributed by atoms with Crippen LogP contribution in [0.5, 0.6) is 0 Å². The Morgan fingerprint density at radius 2 is 2.39 bits per heavy atom. The van der Waals surface area contributed by atoms with Gasteiger partial charge in [0, 0.05) is 28.8 Å². The summed E-state index contributed by atoms with van der Waals surface area (Å²) in [5.41, 5.74) is 0.530. The zero-order valence-electron chi connectivity index (χ0n) is 9.49. The van der Waals surface area contributed by atoms with Gasteiger partial charge in [-0.25, -0.2) is 0 Å². The number of amides is 1. The van der Waals surface area contributed by atoms with Crippen LogP contribution in [0.15, 0.2) is 18.2 Å². The average molecular weight is 376 g/mol. The molecule has 4 nitrogen and oxygen atoms in total. The van der Waals surface area contributed by atoms with Crippen LogP contribution in [0.2, 0.25) is 5.02 Å². The predicted molar refractivity (Wildman–Crippen MR) is 77.5 cm³/mol. The van der Waals surface area contributed by atoms with Gasteiger partial charge in [0.25, 0.3) is 5.91 Å². The van der Waals surface area contributed by atoms with Gasteiger partial charge < -0.3 is 10.2 Å². The highest BCUT2D eigenvalue weighted by Crippen LogP contribution is 2.21. The van der Waals surface area contributed by atoms with Crippen LogP contribution in [0.25, 0.3) is 0 Å². The average Bonchev–Trinajstić information content (AvgIpc) is 2.41. The van der Waals surface area contributed by atoms with Gasteiger partial charge in [-0.3, -0.25) is 4.79 Å². The van der Waals surface area contributed by atoms with Crippen molar-refractivity contribution in [3.05, 3.63) is 32.4 Å². The number of hydrogen-bond donors (Lipinski definition) is 1. The van der Waals surface area contributed by atoms with Gasteiger partial charge in [0.15, 0.2) is 0 Å². The highest BCUT2D eigenvalue weighted by atomic mass is 127. The number of piperazine rings is 1. The minimum atomic E-state index is -0.413. The first-order valence-corrected chi connectivity index (χ1v) is 6.95. The minimum absolute atomic E-state index is 0.138. The van der Waals surface area contributed by atoms with Crippen molar-refractivity contribution in [1.29, 1.82) is 5.26 Å². The van der Waals surface area contributed by atoms with Gasteiger partial charge in [0.2, 0.25) is 0 Å². The van der Waals surface area contributed by atoms with Gasteiger partial charge in [-0.1, -0.05) is 11.6 Å². The summed E-state index contributed by atoms with van der Waals surface area (Å²) in [5, 5.41) is 12.7. The summed E-state index contributed by atoms with van der Waals surface area (Å²) in [6.07, 6.45) is 0. The van der Waals surface area contributed by atoms with Crippen LogP contribution < -0.4 is 5.32 Å². The molecular formula is C12H11ClIN3O. The van der Waals surface area contributed by atoms with E-state index in [1.165, 1.54) is 0 Å². The van der Waals surface area contributed by atoms with Gasteiger partial charge in [-0.05, 0) is 40.8 Å². The summed E-state index contributed by atoms with van der Waals surface area (Å²) >= 11 is 8.12. The molecule has 1 saturated heterocycles. The number of rotatable bonds is 1. The molecule has 1 unspecified atom stereocenters. The van der Waals surface area contributed by atoms with E-state index >= 15 is 0 Å².